The van der Waals surface area contributed by atoms with Gasteiger partial charge in [0.2, 0.25) is 12.3 Å². The maximum Gasteiger partial charge on any atom is 0.247 e. The summed E-state index contributed by atoms with van der Waals surface area (Å²) in [6, 6.07) is 5.12. The highest BCUT2D eigenvalue weighted by Crippen LogP contribution is 2.34. The second-order valence-electron chi connectivity index (χ2n) is 8.00. The lowest BCUT2D eigenvalue weighted by atomic mass is 9.82. The van der Waals surface area contributed by atoms with Gasteiger partial charge < -0.3 is 19.7 Å². The van der Waals surface area contributed by atoms with Crippen molar-refractivity contribution >= 4 is 5.82 Å². The summed E-state index contributed by atoms with van der Waals surface area (Å²) in [5.74, 6) is 0.983. The fraction of sp³-hybridized carbons (Fsp3) is 0.429. The average Bonchev–Trinajstić information content (AvgIpc) is 3.31. The zero-order valence-corrected chi connectivity index (χ0v) is 16.6. The third-order valence-electron chi connectivity index (χ3n) is 6.17. The minimum absolute atomic E-state index is 0.0381. The Balaban J connectivity index is 1.35. The molecular formula is C21H23FN6O2. The van der Waals surface area contributed by atoms with Crippen LogP contribution in [-0.2, 0) is 0 Å². The monoisotopic (exact) mass is 410 g/mol. The van der Waals surface area contributed by atoms with Crippen molar-refractivity contribution in [1.29, 1.82) is 0 Å². The number of hydrogen-bond donors (Lipinski definition) is 2. The molecule has 2 aromatic heterocycles. The van der Waals surface area contributed by atoms with Crippen molar-refractivity contribution in [3.63, 3.8) is 0 Å². The molecule has 2 aliphatic heterocycles. The van der Waals surface area contributed by atoms with Crippen LogP contribution in [0.1, 0.15) is 25.7 Å². The fourth-order valence-electron chi connectivity index (χ4n) is 4.54. The van der Waals surface area contributed by atoms with Crippen molar-refractivity contribution in [2.24, 2.45) is 0 Å². The Morgan fingerprint density at radius 1 is 1.23 bits per heavy atom. The Kier molecular flexibility index (Phi) is 4.82. The summed E-state index contributed by atoms with van der Waals surface area (Å²) in [6.45, 7) is 0. The van der Waals surface area contributed by atoms with Crippen molar-refractivity contribution < 1.29 is 13.9 Å². The number of rotatable bonds is 4. The first-order valence-electron chi connectivity index (χ1n) is 10.1. The van der Waals surface area contributed by atoms with Crippen molar-refractivity contribution in [3.8, 4) is 28.5 Å². The van der Waals surface area contributed by atoms with Gasteiger partial charge in [-0.25, -0.2) is 9.37 Å². The van der Waals surface area contributed by atoms with Gasteiger partial charge in [0.25, 0.3) is 0 Å². The number of fused-ring (bicyclic) bond motifs is 2. The number of alkyl halides is 1. The van der Waals surface area contributed by atoms with Crippen LogP contribution in [0.15, 0.2) is 41.4 Å². The van der Waals surface area contributed by atoms with Gasteiger partial charge in [0, 0.05) is 30.3 Å². The van der Waals surface area contributed by atoms with Crippen LogP contribution in [0.5, 0.6) is 5.75 Å². The summed E-state index contributed by atoms with van der Waals surface area (Å²) in [5.41, 5.74) is 1.68. The number of nitrogens with zero attached hydrogens (tertiary/aromatic N) is 5. The van der Waals surface area contributed by atoms with Crippen LogP contribution in [0.2, 0.25) is 0 Å². The molecule has 0 aliphatic carbocycles. The Bertz CT molecular complexity index is 1010. The highest BCUT2D eigenvalue weighted by molar-refractivity contribution is 5.71. The Morgan fingerprint density at radius 3 is 2.87 bits per heavy atom. The molecule has 30 heavy (non-hydrogen) atoms. The van der Waals surface area contributed by atoms with Crippen LogP contribution >= 0.6 is 0 Å². The molecule has 4 atom stereocenters. The zero-order chi connectivity index (χ0) is 20.7. The first-order chi connectivity index (χ1) is 14.6. The molecular weight excluding hydrogens is 387 g/mol. The number of nitrogens with one attached hydrogen (secondary N) is 1. The van der Waals surface area contributed by atoms with E-state index in [-0.39, 0.29) is 17.8 Å². The average molecular weight is 410 g/mol. The van der Waals surface area contributed by atoms with E-state index in [4.69, 9.17) is 4.42 Å². The maximum absolute atomic E-state index is 15.0. The number of phenolic OH excluding ortho intramolecular Hbond substituents is 1. The van der Waals surface area contributed by atoms with Crippen LogP contribution in [0.25, 0.3) is 22.7 Å². The number of piperidine rings is 2. The summed E-state index contributed by atoms with van der Waals surface area (Å²) < 4.78 is 20.2. The summed E-state index contributed by atoms with van der Waals surface area (Å²) in [7, 11) is 1.87. The third kappa shape index (κ3) is 3.39. The third-order valence-corrected chi connectivity index (χ3v) is 6.17. The predicted octanol–water partition coefficient (Wildman–Crippen LogP) is 2.96. The van der Waals surface area contributed by atoms with E-state index in [1.54, 1.807) is 30.6 Å². The number of halogens is 1. The van der Waals surface area contributed by atoms with E-state index in [0.717, 1.165) is 25.7 Å². The van der Waals surface area contributed by atoms with Gasteiger partial charge in [-0.05, 0) is 37.5 Å². The highest BCUT2D eigenvalue weighted by Gasteiger charge is 2.41. The van der Waals surface area contributed by atoms with Crippen LogP contribution < -0.4 is 10.2 Å². The molecule has 2 saturated heterocycles. The molecule has 0 amide bonds. The molecule has 0 radical (unpaired) electrons. The van der Waals surface area contributed by atoms with Gasteiger partial charge in [0.05, 0.1) is 24.1 Å². The minimum atomic E-state index is -0.936. The molecule has 2 aliphatic rings. The molecule has 5 rings (SSSR count). The lowest BCUT2D eigenvalue weighted by Crippen LogP contribution is -2.61. The molecule has 9 heteroatoms. The zero-order valence-electron chi connectivity index (χ0n) is 16.6. The van der Waals surface area contributed by atoms with E-state index >= 15 is 4.39 Å². The lowest BCUT2D eigenvalue weighted by Gasteiger charge is -2.46. The van der Waals surface area contributed by atoms with E-state index in [1.165, 1.54) is 6.39 Å². The predicted molar refractivity (Wildman–Crippen MR) is 109 cm³/mol. The second-order valence-corrected chi connectivity index (χ2v) is 8.00. The number of aromatic nitrogens is 4. The normalized spacial score (nSPS) is 25.8. The number of benzene rings is 1. The smallest absolute Gasteiger partial charge is 0.247 e. The Hall–Kier alpha value is -3.07. The van der Waals surface area contributed by atoms with Gasteiger partial charge in [0.1, 0.15) is 17.7 Å². The minimum Gasteiger partial charge on any atom is -0.507 e. The van der Waals surface area contributed by atoms with E-state index in [9.17, 15) is 5.11 Å². The van der Waals surface area contributed by atoms with Crippen LogP contribution in [0.3, 0.4) is 0 Å². The molecule has 1 aromatic carbocycles. The van der Waals surface area contributed by atoms with Gasteiger partial charge >= 0.3 is 0 Å². The van der Waals surface area contributed by atoms with Gasteiger partial charge in [-0.1, -0.05) is 6.42 Å². The standard InChI is InChI=1S/C21H23FN6O2/c1-28(17-8-13-3-2-4-15(26-13)20(17)22)19-10-23-16(9-24-19)14-6-5-12(7-18(14)29)21-27-25-11-30-21/h5-7,9-11,13,15,17,20,26,29H,2-4,8H2,1H3/t13-,15?,17-,20+/m0/s1. The first-order valence-corrected chi connectivity index (χ1v) is 10.1. The number of anilines is 1. The van der Waals surface area contributed by atoms with Crippen molar-refractivity contribution in [2.45, 2.75) is 50.0 Å². The molecule has 0 spiro atoms. The van der Waals surface area contributed by atoms with E-state index in [1.807, 2.05) is 11.9 Å². The molecule has 2 fully saturated rings. The Morgan fingerprint density at radius 2 is 2.13 bits per heavy atom. The number of aromatic hydroxyl groups is 1. The highest BCUT2D eigenvalue weighted by atomic mass is 19.1. The molecule has 2 bridgehead atoms. The van der Waals surface area contributed by atoms with Gasteiger partial charge in [-0.15, -0.1) is 10.2 Å². The van der Waals surface area contributed by atoms with Crippen LogP contribution in [-0.4, -0.2) is 56.6 Å². The number of hydrogen-bond acceptors (Lipinski definition) is 8. The lowest BCUT2D eigenvalue weighted by molar-refractivity contribution is 0.107. The Labute approximate surface area is 173 Å². The fourth-order valence-corrected chi connectivity index (χ4v) is 4.54. The summed E-state index contributed by atoms with van der Waals surface area (Å²) in [4.78, 5) is 10.9. The van der Waals surface area contributed by atoms with Crippen LogP contribution in [0, 0.1) is 0 Å². The second kappa shape index (κ2) is 7.64. The molecule has 3 aromatic rings. The van der Waals surface area contributed by atoms with Crippen molar-refractivity contribution in [2.75, 3.05) is 11.9 Å². The number of phenols is 1. The molecule has 0 saturated carbocycles. The van der Waals surface area contributed by atoms with E-state index in [0.29, 0.717) is 34.6 Å². The molecule has 4 heterocycles. The first kappa shape index (κ1) is 18.9. The van der Waals surface area contributed by atoms with E-state index < -0.39 is 6.17 Å². The van der Waals surface area contributed by atoms with Crippen molar-refractivity contribution in [3.05, 3.63) is 37.0 Å². The summed E-state index contributed by atoms with van der Waals surface area (Å²) in [6.07, 6.45) is 7.35. The van der Waals surface area contributed by atoms with Gasteiger partial charge in [0.15, 0.2) is 0 Å². The molecule has 156 valence electrons. The summed E-state index contributed by atoms with van der Waals surface area (Å²) in [5, 5.41) is 21.3. The van der Waals surface area contributed by atoms with Crippen molar-refractivity contribution in [1.82, 2.24) is 25.5 Å². The molecule has 2 N–H and O–H groups in total. The van der Waals surface area contributed by atoms with Gasteiger partial charge in [-0.2, -0.15) is 0 Å². The largest absolute Gasteiger partial charge is 0.507 e. The molecule has 8 nitrogen and oxygen atoms in total. The topological polar surface area (TPSA) is 100 Å². The van der Waals surface area contributed by atoms with E-state index in [2.05, 4.69) is 25.5 Å². The van der Waals surface area contributed by atoms with Gasteiger partial charge in [-0.3, -0.25) is 4.98 Å². The quantitative estimate of drug-likeness (QED) is 0.677. The SMILES string of the molecule is CN(c1cnc(-c2ccc(-c3nnco3)cc2O)cn1)[C@H]1C[C@@H]2CCCC(N2)[C@H]1F. The molecule has 1 unspecified atom stereocenters. The maximum atomic E-state index is 15.0. The van der Waals surface area contributed by atoms with Crippen LogP contribution in [0.4, 0.5) is 10.2 Å². The summed E-state index contributed by atoms with van der Waals surface area (Å²) >= 11 is 0.